The predicted octanol–water partition coefficient (Wildman–Crippen LogP) is 4.57. The molecule has 2 aromatic rings. The second kappa shape index (κ2) is 7.01. The zero-order chi connectivity index (χ0) is 18.1. The Kier molecular flexibility index (Phi) is 5.43. The fourth-order valence-electron chi connectivity index (χ4n) is 2.65. The van der Waals surface area contributed by atoms with Crippen molar-refractivity contribution in [3.63, 3.8) is 0 Å². The maximum absolute atomic E-state index is 11.9. The average molecular weight is 346 g/mol. The van der Waals surface area contributed by atoms with Crippen molar-refractivity contribution < 1.29 is 4.42 Å². The van der Waals surface area contributed by atoms with Gasteiger partial charge in [0.05, 0.1) is 5.54 Å². The second-order valence-corrected chi connectivity index (χ2v) is 8.36. The number of amidine groups is 1. The first kappa shape index (κ1) is 18.6. The summed E-state index contributed by atoms with van der Waals surface area (Å²) in [6.07, 6.45) is 0. The number of fused-ring (bicyclic) bond motifs is 1. The smallest absolute Gasteiger partial charge is 0.336 e. The number of benzene rings is 1. The van der Waals surface area contributed by atoms with E-state index in [1.165, 1.54) is 17.3 Å². The lowest BCUT2D eigenvalue weighted by molar-refractivity contribution is 0.559. The minimum atomic E-state index is -0.332. The normalized spacial score (nSPS) is 13.0. The monoisotopic (exact) mass is 346 g/mol. The lowest BCUT2D eigenvalue weighted by atomic mass is 9.95. The first-order valence-electron chi connectivity index (χ1n) is 8.12. The van der Waals surface area contributed by atoms with E-state index in [1.807, 2.05) is 33.8 Å². The number of thioether (sulfide) groups is 1. The summed E-state index contributed by atoms with van der Waals surface area (Å²) in [5.74, 6) is 1.00. The van der Waals surface area contributed by atoms with Crippen LogP contribution in [0.5, 0.6) is 0 Å². The zero-order valence-corrected chi connectivity index (χ0v) is 16.1. The molecule has 0 aliphatic rings. The molecule has 24 heavy (non-hydrogen) atoms. The molecule has 0 atom stereocenters. The summed E-state index contributed by atoms with van der Waals surface area (Å²) in [6.45, 7) is 12.4. The molecule has 0 aliphatic carbocycles. The van der Waals surface area contributed by atoms with Crippen LogP contribution in [0.4, 0.5) is 0 Å². The van der Waals surface area contributed by atoms with Gasteiger partial charge in [0.15, 0.2) is 5.17 Å². The first-order chi connectivity index (χ1) is 11.1. The number of hydrogen-bond acceptors (Lipinski definition) is 4. The highest BCUT2D eigenvalue weighted by Crippen LogP contribution is 2.28. The van der Waals surface area contributed by atoms with Crippen LogP contribution in [-0.4, -0.2) is 10.7 Å². The number of aryl methyl sites for hydroxylation is 1. The van der Waals surface area contributed by atoms with E-state index in [2.05, 4.69) is 24.9 Å². The molecule has 0 radical (unpaired) electrons. The van der Waals surface area contributed by atoms with Crippen molar-refractivity contribution in [2.75, 3.05) is 0 Å². The SMILES string of the molecule is Cc1cc2oc(=O)cc(CSC(N)=NC(C)(C)C)c2cc1C(C)C. The summed E-state index contributed by atoms with van der Waals surface area (Å²) in [6, 6.07) is 5.64. The molecule has 5 heteroatoms. The summed E-state index contributed by atoms with van der Waals surface area (Å²) in [5, 5.41) is 1.50. The van der Waals surface area contributed by atoms with Crippen LogP contribution in [0.1, 0.15) is 57.2 Å². The molecule has 0 bridgehead atoms. The largest absolute Gasteiger partial charge is 0.423 e. The molecular formula is C19H26N2O2S. The Hall–Kier alpha value is -1.75. The molecular weight excluding hydrogens is 320 g/mol. The van der Waals surface area contributed by atoms with Gasteiger partial charge in [0.2, 0.25) is 0 Å². The lowest BCUT2D eigenvalue weighted by Gasteiger charge is -2.14. The summed E-state index contributed by atoms with van der Waals surface area (Å²) in [5.41, 5.74) is 9.42. The van der Waals surface area contributed by atoms with Gasteiger partial charge in [-0.25, -0.2) is 4.79 Å². The van der Waals surface area contributed by atoms with Gasteiger partial charge in [0.1, 0.15) is 5.58 Å². The van der Waals surface area contributed by atoms with Crippen LogP contribution < -0.4 is 11.4 Å². The Labute approximate surface area is 147 Å². The fourth-order valence-corrected chi connectivity index (χ4v) is 3.53. The standard InChI is InChI=1S/C19H26N2O2S/c1-11(2)14-9-15-13(10-24-18(20)21-19(4,5)6)8-17(22)23-16(15)7-12(14)3/h7-9,11H,10H2,1-6H3,(H2,20,21). The van der Waals surface area contributed by atoms with Gasteiger partial charge >= 0.3 is 5.63 Å². The minimum Gasteiger partial charge on any atom is -0.423 e. The molecule has 1 aromatic heterocycles. The van der Waals surface area contributed by atoms with Gasteiger partial charge in [0.25, 0.3) is 0 Å². The van der Waals surface area contributed by atoms with Crippen LogP contribution in [0, 0.1) is 6.92 Å². The summed E-state index contributed by atoms with van der Waals surface area (Å²) < 4.78 is 5.38. The Bertz CT molecular complexity index is 830. The van der Waals surface area contributed by atoms with E-state index < -0.39 is 0 Å². The summed E-state index contributed by atoms with van der Waals surface area (Å²) in [4.78, 5) is 16.3. The van der Waals surface area contributed by atoms with Crippen molar-refractivity contribution in [1.29, 1.82) is 0 Å². The quantitative estimate of drug-likeness (QED) is 0.502. The van der Waals surface area contributed by atoms with Gasteiger partial charge in [-0.2, -0.15) is 0 Å². The van der Waals surface area contributed by atoms with Crippen LogP contribution in [0.3, 0.4) is 0 Å². The number of nitrogens with zero attached hydrogens (tertiary/aromatic N) is 1. The van der Waals surface area contributed by atoms with Gasteiger partial charge in [-0.1, -0.05) is 25.6 Å². The van der Waals surface area contributed by atoms with Gasteiger partial charge in [-0.15, -0.1) is 0 Å². The maximum atomic E-state index is 11.9. The van der Waals surface area contributed by atoms with E-state index in [0.29, 0.717) is 22.4 Å². The third-order valence-corrected chi connectivity index (χ3v) is 4.50. The molecule has 0 aliphatic heterocycles. The molecule has 0 saturated carbocycles. The topological polar surface area (TPSA) is 68.6 Å². The van der Waals surface area contributed by atoms with E-state index in [4.69, 9.17) is 10.2 Å². The molecule has 2 rings (SSSR count). The number of hydrogen-bond donors (Lipinski definition) is 1. The highest BCUT2D eigenvalue weighted by atomic mass is 32.2. The highest BCUT2D eigenvalue weighted by Gasteiger charge is 2.13. The highest BCUT2D eigenvalue weighted by molar-refractivity contribution is 8.13. The molecule has 0 saturated heterocycles. The summed E-state index contributed by atoms with van der Waals surface area (Å²) in [7, 11) is 0. The Morgan fingerprint density at radius 1 is 1.29 bits per heavy atom. The van der Waals surface area contributed by atoms with Crippen molar-refractivity contribution >= 4 is 27.9 Å². The molecule has 4 nitrogen and oxygen atoms in total. The van der Waals surface area contributed by atoms with Gasteiger partial charge in [-0.3, -0.25) is 4.99 Å². The van der Waals surface area contributed by atoms with E-state index in [0.717, 1.165) is 16.5 Å². The van der Waals surface area contributed by atoms with Crippen LogP contribution in [0.2, 0.25) is 0 Å². The van der Waals surface area contributed by atoms with Crippen molar-refractivity contribution in [1.82, 2.24) is 0 Å². The van der Waals surface area contributed by atoms with Crippen LogP contribution in [0.15, 0.2) is 32.4 Å². The second-order valence-electron chi connectivity index (χ2n) is 7.36. The van der Waals surface area contributed by atoms with Gasteiger partial charge in [-0.05, 0) is 62.4 Å². The average Bonchev–Trinajstić information content (AvgIpc) is 2.41. The number of rotatable bonds is 3. The third kappa shape index (κ3) is 4.63. The van der Waals surface area contributed by atoms with Crippen molar-refractivity contribution in [2.45, 2.75) is 58.8 Å². The van der Waals surface area contributed by atoms with E-state index >= 15 is 0 Å². The molecule has 2 N–H and O–H groups in total. The summed E-state index contributed by atoms with van der Waals surface area (Å²) >= 11 is 1.45. The molecule has 0 amide bonds. The van der Waals surface area contributed by atoms with Crippen LogP contribution >= 0.6 is 11.8 Å². The number of nitrogens with two attached hydrogens (primary N) is 1. The van der Waals surface area contributed by atoms with Crippen LogP contribution in [0.25, 0.3) is 11.0 Å². The van der Waals surface area contributed by atoms with Crippen molar-refractivity contribution in [2.24, 2.45) is 10.7 Å². The third-order valence-electron chi connectivity index (χ3n) is 3.66. The zero-order valence-electron chi connectivity index (χ0n) is 15.3. The van der Waals surface area contributed by atoms with Crippen molar-refractivity contribution in [3.05, 3.63) is 45.3 Å². The fraction of sp³-hybridized carbons (Fsp3) is 0.474. The van der Waals surface area contributed by atoms with Crippen LogP contribution in [-0.2, 0) is 5.75 Å². The minimum absolute atomic E-state index is 0.212. The Morgan fingerprint density at radius 3 is 2.54 bits per heavy atom. The van der Waals surface area contributed by atoms with E-state index in [9.17, 15) is 4.79 Å². The molecule has 0 fully saturated rings. The maximum Gasteiger partial charge on any atom is 0.336 e. The van der Waals surface area contributed by atoms with Gasteiger partial charge < -0.3 is 10.2 Å². The Morgan fingerprint density at radius 2 is 1.96 bits per heavy atom. The molecule has 130 valence electrons. The first-order valence-corrected chi connectivity index (χ1v) is 9.11. The van der Waals surface area contributed by atoms with E-state index in [1.54, 1.807) is 6.07 Å². The molecule has 1 aromatic carbocycles. The van der Waals surface area contributed by atoms with Gasteiger partial charge in [0, 0.05) is 17.2 Å². The molecule has 0 unspecified atom stereocenters. The lowest BCUT2D eigenvalue weighted by Crippen LogP contribution is -2.18. The Balaban J connectivity index is 2.44. The molecule has 0 spiro atoms. The predicted molar refractivity (Wildman–Crippen MR) is 104 cm³/mol. The molecule has 1 heterocycles. The van der Waals surface area contributed by atoms with Crippen molar-refractivity contribution in [3.8, 4) is 0 Å². The van der Waals surface area contributed by atoms with E-state index in [-0.39, 0.29) is 11.2 Å². The number of aliphatic imine (C=N–C) groups is 1.